The zero-order valence-corrected chi connectivity index (χ0v) is 13.2. The molecule has 0 amide bonds. The number of likely N-dealkylation sites (tertiary alicyclic amines) is 1. The number of aryl methyl sites for hydroxylation is 1. The SMILES string of the molecule is Cc1ccoc1CN=C(N)N1CCCCCC1.I. The Labute approximate surface area is 126 Å². The molecule has 5 heteroatoms. The van der Waals surface area contributed by atoms with Crippen LogP contribution in [0.4, 0.5) is 0 Å². The number of furan rings is 1. The van der Waals surface area contributed by atoms with Crippen molar-refractivity contribution in [2.24, 2.45) is 10.7 Å². The Kier molecular flexibility index (Phi) is 6.52. The van der Waals surface area contributed by atoms with Crippen LogP contribution in [0.2, 0.25) is 0 Å². The van der Waals surface area contributed by atoms with Crippen molar-refractivity contribution in [2.45, 2.75) is 39.2 Å². The molecule has 0 radical (unpaired) electrons. The molecule has 0 atom stereocenters. The van der Waals surface area contributed by atoms with E-state index in [1.807, 2.05) is 13.0 Å². The van der Waals surface area contributed by atoms with Gasteiger partial charge in [0.25, 0.3) is 0 Å². The maximum Gasteiger partial charge on any atom is 0.191 e. The lowest BCUT2D eigenvalue weighted by molar-refractivity contribution is 0.426. The molecule has 1 aliphatic rings. The molecule has 4 nitrogen and oxygen atoms in total. The Balaban J connectivity index is 0.00000162. The highest BCUT2D eigenvalue weighted by Crippen LogP contribution is 2.12. The summed E-state index contributed by atoms with van der Waals surface area (Å²) in [6, 6.07) is 1.95. The molecule has 2 N–H and O–H groups in total. The minimum atomic E-state index is 0. The second-order valence-corrected chi connectivity index (χ2v) is 4.60. The van der Waals surface area contributed by atoms with Crippen LogP contribution in [0.1, 0.15) is 37.0 Å². The summed E-state index contributed by atoms with van der Waals surface area (Å²) in [6.45, 7) is 4.64. The molecule has 0 unspecified atom stereocenters. The Bertz CT molecular complexity index is 381. The number of aliphatic imine (C=N–C) groups is 1. The average Bonchev–Trinajstić information content (AvgIpc) is 2.58. The number of hydrogen-bond donors (Lipinski definition) is 1. The molecular formula is C13H22IN3O. The van der Waals surface area contributed by atoms with Crippen molar-refractivity contribution in [3.8, 4) is 0 Å². The average molecular weight is 363 g/mol. The molecular weight excluding hydrogens is 341 g/mol. The van der Waals surface area contributed by atoms with E-state index in [1.165, 1.54) is 25.7 Å². The summed E-state index contributed by atoms with van der Waals surface area (Å²) in [7, 11) is 0. The lowest BCUT2D eigenvalue weighted by Crippen LogP contribution is -2.38. The fraction of sp³-hybridized carbons (Fsp3) is 0.615. The van der Waals surface area contributed by atoms with Crippen LogP contribution in [0.25, 0.3) is 0 Å². The monoisotopic (exact) mass is 363 g/mol. The van der Waals surface area contributed by atoms with Crippen LogP contribution in [0.3, 0.4) is 0 Å². The Morgan fingerprint density at radius 3 is 2.56 bits per heavy atom. The molecule has 1 fully saturated rings. The first-order valence-electron chi connectivity index (χ1n) is 6.35. The summed E-state index contributed by atoms with van der Waals surface area (Å²) < 4.78 is 5.35. The molecule has 0 bridgehead atoms. The van der Waals surface area contributed by atoms with E-state index >= 15 is 0 Å². The summed E-state index contributed by atoms with van der Waals surface area (Å²) in [5.41, 5.74) is 7.16. The van der Waals surface area contributed by atoms with Gasteiger partial charge in [0.2, 0.25) is 0 Å². The van der Waals surface area contributed by atoms with Crippen LogP contribution >= 0.6 is 24.0 Å². The van der Waals surface area contributed by atoms with E-state index in [-0.39, 0.29) is 24.0 Å². The number of nitrogens with two attached hydrogens (primary N) is 1. The smallest absolute Gasteiger partial charge is 0.191 e. The van der Waals surface area contributed by atoms with E-state index in [4.69, 9.17) is 10.2 Å². The van der Waals surface area contributed by atoms with Gasteiger partial charge < -0.3 is 15.1 Å². The van der Waals surface area contributed by atoms with Crippen molar-refractivity contribution < 1.29 is 4.42 Å². The second kappa shape index (κ2) is 7.66. The summed E-state index contributed by atoms with van der Waals surface area (Å²) >= 11 is 0. The predicted octanol–water partition coefficient (Wildman–Crippen LogP) is 2.90. The maximum absolute atomic E-state index is 6.02. The molecule has 0 aromatic carbocycles. The molecule has 18 heavy (non-hydrogen) atoms. The first-order chi connectivity index (χ1) is 8.27. The van der Waals surface area contributed by atoms with Crippen molar-refractivity contribution >= 4 is 29.9 Å². The molecule has 2 rings (SSSR count). The quantitative estimate of drug-likeness (QED) is 0.500. The van der Waals surface area contributed by atoms with E-state index in [0.717, 1.165) is 24.4 Å². The number of nitrogens with zero attached hydrogens (tertiary/aromatic N) is 2. The third-order valence-electron chi connectivity index (χ3n) is 3.28. The largest absolute Gasteiger partial charge is 0.467 e. The molecule has 1 aromatic heterocycles. The normalized spacial score (nSPS) is 17.2. The van der Waals surface area contributed by atoms with Gasteiger partial charge in [-0.15, -0.1) is 24.0 Å². The summed E-state index contributed by atoms with van der Waals surface area (Å²) in [6.07, 6.45) is 6.75. The Hall–Kier alpha value is -0.720. The first kappa shape index (κ1) is 15.3. The summed E-state index contributed by atoms with van der Waals surface area (Å²) in [5.74, 6) is 1.56. The van der Waals surface area contributed by atoms with Crippen molar-refractivity contribution in [3.05, 3.63) is 23.7 Å². The minimum absolute atomic E-state index is 0. The van der Waals surface area contributed by atoms with Gasteiger partial charge in [-0.3, -0.25) is 0 Å². The van der Waals surface area contributed by atoms with E-state index in [9.17, 15) is 0 Å². The minimum Gasteiger partial charge on any atom is -0.467 e. The third kappa shape index (κ3) is 4.19. The van der Waals surface area contributed by atoms with E-state index in [2.05, 4.69) is 9.89 Å². The lowest BCUT2D eigenvalue weighted by atomic mass is 10.2. The second-order valence-electron chi connectivity index (χ2n) is 4.60. The van der Waals surface area contributed by atoms with Crippen LogP contribution in [0.5, 0.6) is 0 Å². The van der Waals surface area contributed by atoms with Gasteiger partial charge in [0.05, 0.1) is 6.26 Å². The van der Waals surface area contributed by atoms with Gasteiger partial charge in [-0.1, -0.05) is 12.8 Å². The highest BCUT2D eigenvalue weighted by molar-refractivity contribution is 14.0. The van der Waals surface area contributed by atoms with Gasteiger partial charge in [0.1, 0.15) is 12.3 Å². The highest BCUT2D eigenvalue weighted by Gasteiger charge is 2.11. The number of hydrogen-bond acceptors (Lipinski definition) is 2. The van der Waals surface area contributed by atoms with Crippen LogP contribution in [0, 0.1) is 6.92 Å². The molecule has 0 aliphatic carbocycles. The fourth-order valence-corrected chi connectivity index (χ4v) is 2.12. The molecule has 2 heterocycles. The van der Waals surface area contributed by atoms with Gasteiger partial charge >= 0.3 is 0 Å². The molecule has 102 valence electrons. The van der Waals surface area contributed by atoms with Crippen molar-refractivity contribution in [2.75, 3.05) is 13.1 Å². The van der Waals surface area contributed by atoms with Crippen molar-refractivity contribution in [1.29, 1.82) is 0 Å². The zero-order chi connectivity index (χ0) is 12.1. The van der Waals surface area contributed by atoms with Crippen LogP contribution in [-0.2, 0) is 6.54 Å². The molecule has 1 aromatic rings. The number of rotatable bonds is 2. The van der Waals surface area contributed by atoms with Crippen LogP contribution in [0.15, 0.2) is 21.7 Å². The van der Waals surface area contributed by atoms with Gasteiger partial charge in [-0.2, -0.15) is 0 Å². The molecule has 1 aliphatic heterocycles. The highest BCUT2D eigenvalue weighted by atomic mass is 127. The lowest BCUT2D eigenvalue weighted by Gasteiger charge is -2.20. The molecule has 1 saturated heterocycles. The van der Waals surface area contributed by atoms with Crippen LogP contribution in [-0.4, -0.2) is 23.9 Å². The fourth-order valence-electron chi connectivity index (χ4n) is 2.12. The van der Waals surface area contributed by atoms with Crippen molar-refractivity contribution in [3.63, 3.8) is 0 Å². The number of halogens is 1. The van der Waals surface area contributed by atoms with Crippen molar-refractivity contribution in [1.82, 2.24) is 4.90 Å². The van der Waals surface area contributed by atoms with E-state index < -0.39 is 0 Å². The summed E-state index contributed by atoms with van der Waals surface area (Å²) in [5, 5.41) is 0. The zero-order valence-electron chi connectivity index (χ0n) is 10.9. The third-order valence-corrected chi connectivity index (χ3v) is 3.28. The van der Waals surface area contributed by atoms with Crippen LogP contribution < -0.4 is 5.73 Å². The first-order valence-corrected chi connectivity index (χ1v) is 6.35. The van der Waals surface area contributed by atoms with E-state index in [1.54, 1.807) is 6.26 Å². The summed E-state index contributed by atoms with van der Waals surface area (Å²) in [4.78, 5) is 6.61. The van der Waals surface area contributed by atoms with Gasteiger partial charge in [-0.05, 0) is 31.4 Å². The van der Waals surface area contributed by atoms with Gasteiger partial charge in [0.15, 0.2) is 5.96 Å². The topological polar surface area (TPSA) is 54.8 Å². The molecule has 0 saturated carbocycles. The Morgan fingerprint density at radius 2 is 2.00 bits per heavy atom. The van der Waals surface area contributed by atoms with Gasteiger partial charge in [-0.25, -0.2) is 4.99 Å². The molecule has 0 spiro atoms. The predicted molar refractivity (Wildman–Crippen MR) is 84.2 cm³/mol. The van der Waals surface area contributed by atoms with E-state index in [0.29, 0.717) is 12.5 Å². The standard InChI is InChI=1S/C13H21N3O.HI/c1-11-6-9-17-12(11)10-15-13(14)16-7-4-2-3-5-8-16;/h6,9H,2-5,7-8,10H2,1H3,(H2,14,15);1H. The maximum atomic E-state index is 6.02. The van der Waals surface area contributed by atoms with Gasteiger partial charge in [0, 0.05) is 13.1 Å². The Morgan fingerprint density at radius 1 is 1.33 bits per heavy atom. The number of guanidine groups is 1.